The van der Waals surface area contributed by atoms with Crippen molar-refractivity contribution in [3.05, 3.63) is 29.8 Å². The number of halogens is 1. The fourth-order valence-corrected chi connectivity index (χ4v) is 4.36. The van der Waals surface area contributed by atoms with E-state index < -0.39 is 0 Å². The van der Waals surface area contributed by atoms with Crippen molar-refractivity contribution in [1.82, 2.24) is 5.32 Å². The van der Waals surface area contributed by atoms with E-state index in [4.69, 9.17) is 0 Å². The highest BCUT2D eigenvalue weighted by Gasteiger charge is 2.49. The Hall–Kier alpha value is -0.710. The molecule has 0 bridgehead atoms. The number of nitrogens with one attached hydrogen (secondary N) is 2. The van der Waals surface area contributed by atoms with Gasteiger partial charge in [0.2, 0.25) is 5.91 Å². The highest BCUT2D eigenvalue weighted by molar-refractivity contribution is 7.98. The standard InChI is InChI=1S/C18H26N2OS.ClH/c1-22-11-9-14-5-7-16(8-6-14)20-17(21)18-10-3-2-4-15(18)12-19-13-18;/h5-8,15,19H,2-4,9-13H2,1H3,(H,20,21);1H/t15-,18+;/m0./s1. The van der Waals surface area contributed by atoms with Gasteiger partial charge in [0.05, 0.1) is 5.41 Å². The molecule has 3 rings (SSSR count). The van der Waals surface area contributed by atoms with Crippen molar-refractivity contribution < 1.29 is 4.79 Å². The lowest BCUT2D eigenvalue weighted by atomic mass is 9.67. The summed E-state index contributed by atoms with van der Waals surface area (Å²) in [4.78, 5) is 12.9. The average molecular weight is 355 g/mol. The van der Waals surface area contributed by atoms with E-state index in [1.165, 1.54) is 24.8 Å². The molecule has 2 atom stereocenters. The minimum atomic E-state index is -0.171. The molecule has 2 N–H and O–H groups in total. The van der Waals surface area contributed by atoms with E-state index in [1.54, 1.807) is 0 Å². The summed E-state index contributed by atoms with van der Waals surface area (Å²) in [6.07, 6.45) is 7.89. The van der Waals surface area contributed by atoms with Crippen LogP contribution in [0.2, 0.25) is 0 Å². The summed E-state index contributed by atoms with van der Waals surface area (Å²) in [6.45, 7) is 1.84. The third-order valence-corrected chi connectivity index (χ3v) is 5.91. The Labute approximate surface area is 149 Å². The van der Waals surface area contributed by atoms with Crippen LogP contribution in [0.4, 0.5) is 5.69 Å². The molecule has 1 aromatic rings. The highest BCUT2D eigenvalue weighted by atomic mass is 35.5. The maximum absolute atomic E-state index is 12.9. The molecule has 1 heterocycles. The van der Waals surface area contributed by atoms with Crippen LogP contribution in [0.3, 0.4) is 0 Å². The molecule has 1 saturated heterocycles. The van der Waals surface area contributed by atoms with Gasteiger partial charge in [-0.15, -0.1) is 12.4 Å². The maximum Gasteiger partial charge on any atom is 0.232 e. The number of anilines is 1. The molecular weight excluding hydrogens is 328 g/mol. The number of carbonyl (C=O) groups excluding carboxylic acids is 1. The molecule has 0 spiro atoms. The van der Waals surface area contributed by atoms with Gasteiger partial charge in [0.1, 0.15) is 0 Å². The van der Waals surface area contributed by atoms with Gasteiger partial charge >= 0.3 is 0 Å². The molecule has 23 heavy (non-hydrogen) atoms. The maximum atomic E-state index is 12.9. The van der Waals surface area contributed by atoms with Gasteiger partial charge < -0.3 is 10.6 Å². The molecule has 1 amide bonds. The lowest BCUT2D eigenvalue weighted by molar-refractivity contribution is -0.128. The van der Waals surface area contributed by atoms with Crippen LogP contribution in [0.15, 0.2) is 24.3 Å². The monoisotopic (exact) mass is 354 g/mol. The summed E-state index contributed by atoms with van der Waals surface area (Å²) >= 11 is 1.86. The minimum absolute atomic E-state index is 0. The summed E-state index contributed by atoms with van der Waals surface area (Å²) in [5.74, 6) is 1.88. The largest absolute Gasteiger partial charge is 0.326 e. The summed E-state index contributed by atoms with van der Waals surface area (Å²) in [6, 6.07) is 8.36. The highest BCUT2D eigenvalue weighted by Crippen LogP contribution is 2.44. The lowest BCUT2D eigenvalue weighted by Crippen LogP contribution is -2.44. The van der Waals surface area contributed by atoms with E-state index in [1.807, 2.05) is 23.9 Å². The Morgan fingerprint density at radius 1 is 1.35 bits per heavy atom. The van der Waals surface area contributed by atoms with Crippen LogP contribution in [0.1, 0.15) is 31.2 Å². The molecule has 1 aliphatic heterocycles. The molecular formula is C18H27ClN2OS. The second-order valence-corrected chi connectivity index (χ2v) is 7.61. The van der Waals surface area contributed by atoms with Crippen LogP contribution in [0.25, 0.3) is 0 Å². The zero-order valence-electron chi connectivity index (χ0n) is 13.8. The van der Waals surface area contributed by atoms with Crippen molar-refractivity contribution in [2.75, 3.05) is 30.4 Å². The van der Waals surface area contributed by atoms with Crippen molar-refractivity contribution in [2.45, 2.75) is 32.1 Å². The second-order valence-electron chi connectivity index (χ2n) is 6.62. The Morgan fingerprint density at radius 3 is 2.87 bits per heavy atom. The first kappa shape index (κ1) is 18.6. The van der Waals surface area contributed by atoms with Gasteiger partial charge in [-0.1, -0.05) is 25.0 Å². The van der Waals surface area contributed by atoms with Crippen molar-refractivity contribution in [2.24, 2.45) is 11.3 Å². The van der Waals surface area contributed by atoms with Crippen LogP contribution in [-0.4, -0.2) is 31.0 Å². The smallest absolute Gasteiger partial charge is 0.232 e. The number of thioether (sulfide) groups is 1. The molecule has 0 aromatic heterocycles. The van der Waals surface area contributed by atoms with E-state index in [0.29, 0.717) is 5.92 Å². The molecule has 3 nitrogen and oxygen atoms in total. The fourth-order valence-electron chi connectivity index (χ4n) is 3.92. The van der Waals surface area contributed by atoms with Crippen molar-refractivity contribution in [3.8, 4) is 0 Å². The van der Waals surface area contributed by atoms with Gasteiger partial charge in [0.15, 0.2) is 0 Å². The van der Waals surface area contributed by atoms with Gasteiger partial charge in [0, 0.05) is 12.2 Å². The Bertz CT molecular complexity index is 522. The number of hydrogen-bond acceptors (Lipinski definition) is 3. The van der Waals surface area contributed by atoms with Crippen LogP contribution in [0.5, 0.6) is 0 Å². The SMILES string of the molecule is CSCCc1ccc(NC(=O)[C@@]23CCCC[C@H]2CNC3)cc1.Cl. The van der Waals surface area contributed by atoms with Crippen LogP contribution in [0, 0.1) is 11.3 Å². The number of hydrogen-bond donors (Lipinski definition) is 2. The first-order valence-electron chi connectivity index (χ1n) is 8.35. The van der Waals surface area contributed by atoms with E-state index in [9.17, 15) is 4.79 Å². The van der Waals surface area contributed by atoms with E-state index in [0.717, 1.165) is 37.4 Å². The molecule has 2 fully saturated rings. The van der Waals surface area contributed by atoms with Gasteiger partial charge in [-0.2, -0.15) is 11.8 Å². The predicted molar refractivity (Wildman–Crippen MR) is 102 cm³/mol. The summed E-state index contributed by atoms with van der Waals surface area (Å²) in [5, 5.41) is 6.61. The number of amides is 1. The third kappa shape index (κ3) is 4.04. The van der Waals surface area contributed by atoms with Crippen LogP contribution >= 0.6 is 24.2 Å². The Balaban J connectivity index is 0.00000192. The summed E-state index contributed by atoms with van der Waals surface area (Å²) in [7, 11) is 0. The first-order chi connectivity index (χ1) is 10.7. The minimum Gasteiger partial charge on any atom is -0.326 e. The molecule has 1 saturated carbocycles. The molecule has 0 unspecified atom stereocenters. The van der Waals surface area contributed by atoms with Crippen molar-refractivity contribution >= 4 is 35.8 Å². The molecule has 2 aliphatic rings. The topological polar surface area (TPSA) is 41.1 Å². The Kier molecular flexibility index (Phi) is 6.81. The Morgan fingerprint density at radius 2 is 2.13 bits per heavy atom. The molecule has 128 valence electrons. The number of fused-ring (bicyclic) bond motifs is 1. The normalized spacial score (nSPS) is 26.2. The molecule has 0 radical (unpaired) electrons. The fraction of sp³-hybridized carbons (Fsp3) is 0.611. The average Bonchev–Trinajstić information content (AvgIpc) is 2.99. The number of benzene rings is 1. The number of rotatable bonds is 5. The zero-order valence-corrected chi connectivity index (χ0v) is 15.4. The molecule has 1 aromatic carbocycles. The molecule has 1 aliphatic carbocycles. The van der Waals surface area contributed by atoms with Gasteiger partial charge in [-0.3, -0.25) is 4.79 Å². The lowest BCUT2D eigenvalue weighted by Gasteiger charge is -2.37. The summed E-state index contributed by atoms with van der Waals surface area (Å²) < 4.78 is 0. The predicted octanol–water partition coefficient (Wildman–Crippen LogP) is 3.73. The molecule has 5 heteroatoms. The summed E-state index contributed by atoms with van der Waals surface area (Å²) in [5.41, 5.74) is 2.10. The van der Waals surface area contributed by atoms with Crippen molar-refractivity contribution in [1.29, 1.82) is 0 Å². The quantitative estimate of drug-likeness (QED) is 0.846. The van der Waals surface area contributed by atoms with Gasteiger partial charge in [-0.25, -0.2) is 0 Å². The van der Waals surface area contributed by atoms with E-state index in [-0.39, 0.29) is 23.7 Å². The third-order valence-electron chi connectivity index (χ3n) is 5.30. The van der Waals surface area contributed by atoms with Crippen molar-refractivity contribution in [3.63, 3.8) is 0 Å². The second kappa shape index (κ2) is 8.41. The van der Waals surface area contributed by atoms with E-state index in [2.05, 4.69) is 29.0 Å². The van der Waals surface area contributed by atoms with Gasteiger partial charge in [0.25, 0.3) is 0 Å². The number of carbonyl (C=O) groups is 1. The van der Waals surface area contributed by atoms with Crippen LogP contribution < -0.4 is 10.6 Å². The first-order valence-corrected chi connectivity index (χ1v) is 9.74. The van der Waals surface area contributed by atoms with E-state index >= 15 is 0 Å². The zero-order chi connectivity index (χ0) is 15.4. The van der Waals surface area contributed by atoms with Gasteiger partial charge in [-0.05, 0) is 61.4 Å². The van der Waals surface area contributed by atoms with Crippen LogP contribution in [-0.2, 0) is 11.2 Å². The number of aryl methyl sites for hydroxylation is 1.